The summed E-state index contributed by atoms with van der Waals surface area (Å²) in [5.74, 6) is -0.323. The van der Waals surface area contributed by atoms with Gasteiger partial charge in [-0.05, 0) is 30.3 Å². The largest absolute Gasteiger partial charge is 0.465 e. The van der Waals surface area contributed by atoms with Gasteiger partial charge in [0.15, 0.2) is 0 Å². The molecule has 0 atom stereocenters. The van der Waals surface area contributed by atoms with Crippen molar-refractivity contribution in [1.29, 1.82) is 0 Å². The van der Waals surface area contributed by atoms with Crippen LogP contribution in [0, 0.1) is 5.82 Å². The summed E-state index contributed by atoms with van der Waals surface area (Å²) in [6.45, 7) is 0.331. The average Bonchev–Trinajstić information content (AvgIpc) is 3.11. The predicted octanol–water partition coefficient (Wildman–Crippen LogP) is 2.74. The third kappa shape index (κ3) is 3.41. The normalized spacial score (nSPS) is 11.2. The van der Waals surface area contributed by atoms with E-state index in [1.54, 1.807) is 18.2 Å². The monoisotopic (exact) mass is 397 g/mol. The number of halogens is 1. The zero-order valence-corrected chi connectivity index (χ0v) is 15.3. The van der Waals surface area contributed by atoms with Crippen LogP contribution in [-0.4, -0.2) is 51.6 Å². The Kier molecular flexibility index (Phi) is 4.69. The average molecular weight is 397 g/mol. The van der Waals surface area contributed by atoms with Crippen LogP contribution in [0.2, 0.25) is 0 Å². The summed E-state index contributed by atoms with van der Waals surface area (Å²) in [5, 5.41) is 16.6. The second-order valence-electron chi connectivity index (χ2n) is 6.31. The summed E-state index contributed by atoms with van der Waals surface area (Å²) in [4.78, 5) is 31.9. The number of H-pyrrole nitrogens is 2. The first-order valence-corrected chi connectivity index (χ1v) is 8.65. The van der Waals surface area contributed by atoms with Crippen molar-refractivity contribution in [3.63, 3.8) is 0 Å². The van der Waals surface area contributed by atoms with Gasteiger partial charge in [-0.2, -0.15) is 5.10 Å². The number of imidazole rings is 1. The number of ether oxygens (including phenoxy) is 1. The van der Waals surface area contributed by atoms with E-state index in [-0.39, 0.29) is 19.1 Å². The fourth-order valence-corrected chi connectivity index (χ4v) is 3.10. The van der Waals surface area contributed by atoms with Gasteiger partial charge < -0.3 is 14.8 Å². The molecule has 0 aliphatic rings. The molecule has 2 aromatic carbocycles. The molecule has 0 bridgehead atoms. The van der Waals surface area contributed by atoms with E-state index in [9.17, 15) is 19.1 Å². The van der Waals surface area contributed by atoms with Crippen molar-refractivity contribution < 1.29 is 19.0 Å². The molecule has 2 aromatic heterocycles. The second-order valence-corrected chi connectivity index (χ2v) is 6.31. The molecular weight excluding hydrogens is 381 g/mol. The van der Waals surface area contributed by atoms with Crippen molar-refractivity contribution in [2.75, 3.05) is 25.2 Å². The summed E-state index contributed by atoms with van der Waals surface area (Å²) >= 11 is 0. The molecule has 29 heavy (non-hydrogen) atoms. The Hall–Kier alpha value is -3.79. The molecular formula is C19H16FN5O4. The Bertz CT molecular complexity index is 1280. The molecule has 3 N–H and O–H groups in total. The smallest absolute Gasteiger partial charge is 0.414 e. The maximum absolute atomic E-state index is 13.8. The van der Waals surface area contributed by atoms with Gasteiger partial charge in [0, 0.05) is 18.1 Å². The topological polar surface area (TPSA) is 124 Å². The Morgan fingerprint density at radius 3 is 2.83 bits per heavy atom. The molecule has 0 saturated carbocycles. The number of nitrogens with zero attached hydrogens (tertiary/aromatic N) is 3. The molecule has 4 aromatic rings. The van der Waals surface area contributed by atoms with Gasteiger partial charge in [0.1, 0.15) is 5.82 Å². The first-order valence-electron chi connectivity index (χ1n) is 8.65. The number of carbonyl (C=O) groups is 1. The van der Waals surface area contributed by atoms with E-state index < -0.39 is 17.5 Å². The number of nitrogens with one attached hydrogen (secondary N) is 2. The highest BCUT2D eigenvalue weighted by atomic mass is 19.1. The highest BCUT2D eigenvalue weighted by Crippen LogP contribution is 2.28. The first kappa shape index (κ1) is 18.6. The highest BCUT2D eigenvalue weighted by Gasteiger charge is 2.19. The molecule has 1 amide bonds. The molecule has 0 unspecified atom stereocenters. The number of rotatable bonds is 5. The quantitative estimate of drug-likeness (QED) is 0.476. The van der Waals surface area contributed by atoms with Crippen molar-refractivity contribution in [1.82, 2.24) is 20.2 Å². The standard InChI is InChI=1S/C19H16FN5O4/c1-29-7-6-25(19(27)28)18-21-14-5-2-10(8-15(14)22-18)16-13-9-11(20)3-4-12(13)17(26)24-23-16/h2-5,8-9H,6-7H2,1H3,(H,21,22)(H,24,26)(H,27,28). The summed E-state index contributed by atoms with van der Waals surface area (Å²) in [5.41, 5.74) is 1.69. The number of aromatic amines is 2. The van der Waals surface area contributed by atoms with Crippen LogP contribution < -0.4 is 10.5 Å². The van der Waals surface area contributed by atoms with Crippen LogP contribution in [0.3, 0.4) is 0 Å². The van der Waals surface area contributed by atoms with Gasteiger partial charge in [-0.3, -0.25) is 4.79 Å². The molecule has 0 aliphatic heterocycles. The van der Waals surface area contributed by atoms with E-state index in [1.807, 2.05) is 0 Å². The molecule has 2 heterocycles. The van der Waals surface area contributed by atoms with Crippen LogP contribution in [-0.2, 0) is 4.74 Å². The van der Waals surface area contributed by atoms with E-state index in [2.05, 4.69) is 20.2 Å². The highest BCUT2D eigenvalue weighted by molar-refractivity contribution is 5.96. The molecule has 0 radical (unpaired) electrons. The maximum Gasteiger partial charge on any atom is 0.414 e. The van der Waals surface area contributed by atoms with Crippen LogP contribution in [0.25, 0.3) is 33.1 Å². The van der Waals surface area contributed by atoms with Gasteiger partial charge in [0.25, 0.3) is 5.56 Å². The SMILES string of the molecule is COCCN(C(=O)O)c1nc2cc(-c3n[nH]c(=O)c4ccc(F)cc34)ccc2[nH]1. The molecule has 148 valence electrons. The third-order valence-electron chi connectivity index (χ3n) is 4.50. The third-order valence-corrected chi connectivity index (χ3v) is 4.50. The van der Waals surface area contributed by atoms with Crippen molar-refractivity contribution in [2.45, 2.75) is 0 Å². The summed E-state index contributed by atoms with van der Waals surface area (Å²) in [6.07, 6.45) is -1.16. The van der Waals surface area contributed by atoms with E-state index in [1.165, 1.54) is 25.3 Å². The van der Waals surface area contributed by atoms with Gasteiger partial charge in [-0.25, -0.2) is 24.2 Å². The fourth-order valence-electron chi connectivity index (χ4n) is 3.10. The number of amides is 1. The number of hydrogen-bond donors (Lipinski definition) is 3. The molecule has 10 heteroatoms. The summed E-state index contributed by atoms with van der Waals surface area (Å²) in [7, 11) is 1.48. The number of aromatic nitrogens is 4. The molecule has 4 rings (SSSR count). The maximum atomic E-state index is 13.8. The lowest BCUT2D eigenvalue weighted by atomic mass is 10.0. The van der Waals surface area contributed by atoms with Gasteiger partial charge in [-0.1, -0.05) is 6.07 Å². The molecule has 0 fully saturated rings. The van der Waals surface area contributed by atoms with Crippen LogP contribution in [0.15, 0.2) is 41.2 Å². The minimum Gasteiger partial charge on any atom is -0.465 e. The van der Waals surface area contributed by atoms with Crippen LogP contribution >= 0.6 is 0 Å². The summed E-state index contributed by atoms with van der Waals surface area (Å²) < 4.78 is 18.7. The zero-order chi connectivity index (χ0) is 20.5. The van der Waals surface area contributed by atoms with Crippen LogP contribution in [0.5, 0.6) is 0 Å². The molecule has 9 nitrogen and oxygen atoms in total. The summed E-state index contributed by atoms with van der Waals surface area (Å²) in [6, 6.07) is 9.01. The van der Waals surface area contributed by atoms with Crippen molar-refractivity contribution in [2.24, 2.45) is 0 Å². The van der Waals surface area contributed by atoms with Crippen LogP contribution in [0.4, 0.5) is 15.1 Å². The van der Waals surface area contributed by atoms with Gasteiger partial charge in [0.2, 0.25) is 5.95 Å². The number of fused-ring (bicyclic) bond motifs is 2. The van der Waals surface area contributed by atoms with E-state index in [0.717, 1.165) is 4.90 Å². The molecule has 0 spiro atoms. The van der Waals surface area contributed by atoms with Crippen molar-refractivity contribution in [3.8, 4) is 11.3 Å². The van der Waals surface area contributed by atoms with Gasteiger partial charge in [-0.15, -0.1) is 0 Å². The van der Waals surface area contributed by atoms with Crippen LogP contribution in [0.1, 0.15) is 0 Å². The zero-order valence-electron chi connectivity index (χ0n) is 15.3. The molecule has 0 saturated heterocycles. The Morgan fingerprint density at radius 2 is 2.07 bits per heavy atom. The first-order chi connectivity index (χ1) is 14.0. The Labute approximate surface area is 162 Å². The lowest BCUT2D eigenvalue weighted by Crippen LogP contribution is -2.33. The fraction of sp³-hybridized carbons (Fsp3) is 0.158. The van der Waals surface area contributed by atoms with Gasteiger partial charge in [0.05, 0.1) is 35.3 Å². The second kappa shape index (κ2) is 7.32. The van der Waals surface area contributed by atoms with E-state index in [4.69, 9.17) is 4.74 Å². The Morgan fingerprint density at radius 1 is 1.24 bits per heavy atom. The number of benzene rings is 2. The Balaban J connectivity index is 1.82. The number of carboxylic acid groups (broad SMARTS) is 1. The lowest BCUT2D eigenvalue weighted by molar-refractivity contribution is 0.186. The number of hydrogen-bond acceptors (Lipinski definition) is 5. The molecule has 0 aliphatic carbocycles. The number of methoxy groups -OCH3 is 1. The lowest BCUT2D eigenvalue weighted by Gasteiger charge is -2.14. The minimum atomic E-state index is -1.16. The van der Waals surface area contributed by atoms with E-state index >= 15 is 0 Å². The minimum absolute atomic E-state index is 0.115. The number of anilines is 1. The predicted molar refractivity (Wildman–Crippen MR) is 105 cm³/mol. The van der Waals surface area contributed by atoms with Gasteiger partial charge >= 0.3 is 6.09 Å². The van der Waals surface area contributed by atoms with Crippen molar-refractivity contribution >= 4 is 33.8 Å². The van der Waals surface area contributed by atoms with Crippen molar-refractivity contribution in [3.05, 3.63) is 52.6 Å². The van der Waals surface area contributed by atoms with E-state index in [0.29, 0.717) is 33.1 Å².